The number of methoxy groups -OCH3 is 1. The number of benzene rings is 2. The van der Waals surface area contributed by atoms with Gasteiger partial charge in [0, 0.05) is 21.2 Å². The molecule has 1 aliphatic rings. The van der Waals surface area contributed by atoms with Gasteiger partial charge >= 0.3 is 5.97 Å². The highest BCUT2D eigenvalue weighted by molar-refractivity contribution is 7.07. The van der Waals surface area contributed by atoms with Crippen molar-refractivity contribution >= 4 is 46.6 Å². The molecule has 0 bridgehead atoms. The topological polar surface area (TPSA) is 90.1 Å². The Bertz CT molecular complexity index is 1540. The molecule has 1 aromatic heterocycles. The maximum Gasteiger partial charge on any atom is 0.338 e. The van der Waals surface area contributed by atoms with E-state index in [0.29, 0.717) is 48.4 Å². The predicted octanol–water partition coefficient (Wildman–Crippen LogP) is 4.60. The third-order valence-electron chi connectivity index (χ3n) is 5.65. The number of ether oxygens (including phenoxy) is 2. The molecule has 2 heterocycles. The van der Waals surface area contributed by atoms with Gasteiger partial charge in [-0.3, -0.25) is 9.36 Å². The minimum absolute atomic E-state index is 0.0165. The summed E-state index contributed by atoms with van der Waals surface area (Å²) in [6.45, 7) is 3.87. The van der Waals surface area contributed by atoms with Gasteiger partial charge in [-0.2, -0.15) is 0 Å². The zero-order valence-corrected chi connectivity index (χ0v) is 22.2. The van der Waals surface area contributed by atoms with Gasteiger partial charge in [-0.1, -0.05) is 47.9 Å². The molecule has 0 spiro atoms. The van der Waals surface area contributed by atoms with Gasteiger partial charge in [0.25, 0.3) is 5.56 Å². The lowest BCUT2D eigenvalue weighted by Crippen LogP contribution is -2.40. The average molecular weight is 547 g/mol. The first-order chi connectivity index (χ1) is 17.3. The lowest BCUT2D eigenvalue weighted by molar-refractivity contribution is -0.139. The van der Waals surface area contributed by atoms with Crippen LogP contribution in [0, 0.1) is 0 Å². The van der Waals surface area contributed by atoms with E-state index < -0.39 is 12.0 Å². The van der Waals surface area contributed by atoms with Gasteiger partial charge in [0.05, 0.1) is 29.5 Å². The molecule has 0 saturated carbocycles. The fourth-order valence-corrected chi connectivity index (χ4v) is 5.49. The van der Waals surface area contributed by atoms with Gasteiger partial charge < -0.3 is 14.6 Å². The van der Waals surface area contributed by atoms with Crippen LogP contribution in [0.2, 0.25) is 10.0 Å². The van der Waals surface area contributed by atoms with E-state index in [0.717, 1.165) is 17.8 Å². The number of hydrogen-bond donors (Lipinski definition) is 1. The Morgan fingerprint density at radius 1 is 1.19 bits per heavy atom. The molecule has 1 aliphatic heterocycles. The number of carbonyl (C=O) groups is 1. The number of phenolic OH excluding ortho intramolecular Hbond substituents is 1. The number of rotatable bonds is 7. The number of halogens is 2. The lowest BCUT2D eigenvalue weighted by atomic mass is 9.93. The summed E-state index contributed by atoms with van der Waals surface area (Å²) in [5.41, 5.74) is 1.35. The van der Waals surface area contributed by atoms with Crippen LogP contribution in [0.1, 0.15) is 43.9 Å². The van der Waals surface area contributed by atoms with Crippen molar-refractivity contribution in [3.05, 3.63) is 88.5 Å². The number of hydrogen-bond acceptors (Lipinski definition) is 7. The second kappa shape index (κ2) is 10.9. The van der Waals surface area contributed by atoms with Gasteiger partial charge in [0.2, 0.25) is 0 Å². The second-order valence-corrected chi connectivity index (χ2v) is 9.88. The maximum atomic E-state index is 13.8. The minimum Gasteiger partial charge on any atom is -0.507 e. The Balaban J connectivity index is 2.07. The van der Waals surface area contributed by atoms with Crippen molar-refractivity contribution in [1.82, 2.24) is 4.57 Å². The van der Waals surface area contributed by atoms with Crippen molar-refractivity contribution in [2.45, 2.75) is 32.7 Å². The number of thiazole rings is 1. The molecular formula is C26H24Cl2N2O5S. The SMILES string of the molecule is CCCC1=C(C(=O)OCC)[C@@H](c2cc(Cl)ccc2OC)n2c(s/c(=C/c3cc(Cl)ccc3O)c2=O)=N1. The van der Waals surface area contributed by atoms with Crippen molar-refractivity contribution in [3.8, 4) is 11.5 Å². The molecule has 10 heteroatoms. The van der Waals surface area contributed by atoms with Crippen molar-refractivity contribution < 1.29 is 19.4 Å². The van der Waals surface area contributed by atoms with E-state index in [2.05, 4.69) is 0 Å². The third-order valence-corrected chi connectivity index (χ3v) is 7.11. The van der Waals surface area contributed by atoms with Crippen LogP contribution in [-0.4, -0.2) is 29.4 Å². The molecule has 1 atom stereocenters. The quantitative estimate of drug-likeness (QED) is 0.437. The maximum absolute atomic E-state index is 13.8. The molecule has 0 fully saturated rings. The van der Waals surface area contributed by atoms with Gasteiger partial charge in [0.15, 0.2) is 4.80 Å². The van der Waals surface area contributed by atoms with Crippen LogP contribution in [-0.2, 0) is 9.53 Å². The second-order valence-electron chi connectivity index (χ2n) is 8.00. The highest BCUT2D eigenvalue weighted by Gasteiger charge is 2.36. The molecule has 0 saturated heterocycles. The molecule has 2 aromatic carbocycles. The van der Waals surface area contributed by atoms with E-state index in [1.807, 2.05) is 6.92 Å². The Morgan fingerprint density at radius 2 is 1.92 bits per heavy atom. The van der Waals surface area contributed by atoms with Crippen LogP contribution >= 0.6 is 34.5 Å². The van der Waals surface area contributed by atoms with Crippen LogP contribution in [0.15, 0.2) is 57.5 Å². The van der Waals surface area contributed by atoms with Gasteiger partial charge in [-0.15, -0.1) is 0 Å². The molecule has 0 unspecified atom stereocenters. The van der Waals surface area contributed by atoms with Crippen molar-refractivity contribution in [3.63, 3.8) is 0 Å². The molecular weight excluding hydrogens is 523 g/mol. The Labute approximate surface area is 221 Å². The first-order valence-corrected chi connectivity index (χ1v) is 12.9. The number of esters is 1. The number of nitrogens with zero attached hydrogens (tertiary/aromatic N) is 2. The minimum atomic E-state index is -0.870. The Kier molecular flexibility index (Phi) is 7.88. The summed E-state index contributed by atoms with van der Waals surface area (Å²) in [7, 11) is 1.51. The summed E-state index contributed by atoms with van der Waals surface area (Å²) in [6.07, 6.45) is 2.80. The van der Waals surface area contributed by atoms with Gasteiger partial charge in [-0.25, -0.2) is 9.79 Å². The number of fused-ring (bicyclic) bond motifs is 1. The molecule has 4 rings (SSSR count). The van der Waals surface area contributed by atoms with E-state index in [9.17, 15) is 14.7 Å². The number of phenols is 1. The summed E-state index contributed by atoms with van der Waals surface area (Å²) >= 11 is 13.6. The molecule has 0 aliphatic carbocycles. The number of carbonyl (C=O) groups excluding carboxylic acids is 1. The van der Waals surface area contributed by atoms with Crippen LogP contribution in [0.25, 0.3) is 6.08 Å². The summed E-state index contributed by atoms with van der Waals surface area (Å²) in [5.74, 6) is -0.110. The molecule has 0 amide bonds. The summed E-state index contributed by atoms with van der Waals surface area (Å²) in [4.78, 5) is 32.2. The standard InChI is InChI=1S/C26H24Cl2N2O5S/c1-4-6-18-22(25(33)35-5-2)23(17-13-16(28)8-10-20(17)34-3)30-24(32)21(36-26(30)29-18)12-14-11-15(27)7-9-19(14)31/h7-13,23,31H,4-6H2,1-3H3/b21-12+/t23-/m1/s1. The lowest BCUT2D eigenvalue weighted by Gasteiger charge is -2.27. The monoisotopic (exact) mass is 546 g/mol. The normalized spacial score (nSPS) is 15.5. The fourth-order valence-electron chi connectivity index (χ4n) is 4.12. The molecule has 36 heavy (non-hydrogen) atoms. The van der Waals surface area contributed by atoms with Gasteiger partial charge in [0.1, 0.15) is 17.5 Å². The molecule has 3 aromatic rings. The smallest absolute Gasteiger partial charge is 0.338 e. The summed E-state index contributed by atoms with van der Waals surface area (Å²) in [5, 5.41) is 11.1. The highest BCUT2D eigenvalue weighted by atomic mass is 35.5. The summed E-state index contributed by atoms with van der Waals surface area (Å²) in [6, 6.07) is 8.77. The van der Waals surface area contributed by atoms with Crippen LogP contribution in [0.3, 0.4) is 0 Å². The number of aromatic nitrogens is 1. The zero-order chi connectivity index (χ0) is 26.0. The fraction of sp³-hybridized carbons (Fsp3) is 0.269. The number of aromatic hydroxyl groups is 1. The largest absolute Gasteiger partial charge is 0.507 e. The van der Waals surface area contributed by atoms with Crippen LogP contribution in [0.4, 0.5) is 0 Å². The van der Waals surface area contributed by atoms with E-state index >= 15 is 0 Å². The molecule has 7 nitrogen and oxygen atoms in total. The van der Waals surface area contributed by atoms with E-state index in [1.165, 1.54) is 17.7 Å². The Morgan fingerprint density at radius 3 is 2.61 bits per heavy atom. The van der Waals surface area contributed by atoms with Crippen molar-refractivity contribution in [2.75, 3.05) is 13.7 Å². The third kappa shape index (κ3) is 4.93. The Hall–Kier alpha value is -3.07. The highest BCUT2D eigenvalue weighted by Crippen LogP contribution is 2.38. The predicted molar refractivity (Wildman–Crippen MR) is 141 cm³/mol. The molecule has 188 valence electrons. The number of allylic oxidation sites excluding steroid dienone is 1. The zero-order valence-electron chi connectivity index (χ0n) is 19.9. The van der Waals surface area contributed by atoms with Crippen molar-refractivity contribution in [1.29, 1.82) is 0 Å². The van der Waals surface area contributed by atoms with Crippen LogP contribution < -0.4 is 19.6 Å². The molecule has 0 radical (unpaired) electrons. The van der Waals surface area contributed by atoms with Gasteiger partial charge in [-0.05, 0) is 55.8 Å². The average Bonchev–Trinajstić information content (AvgIpc) is 3.15. The molecule has 1 N–H and O–H groups in total. The van der Waals surface area contributed by atoms with Crippen LogP contribution in [0.5, 0.6) is 11.5 Å². The van der Waals surface area contributed by atoms with Crippen molar-refractivity contribution in [2.24, 2.45) is 4.99 Å². The van der Waals surface area contributed by atoms with E-state index in [1.54, 1.807) is 43.3 Å². The first-order valence-electron chi connectivity index (χ1n) is 11.3. The van der Waals surface area contributed by atoms with E-state index in [-0.39, 0.29) is 23.5 Å². The first kappa shape index (κ1) is 26.0. The summed E-state index contributed by atoms with van der Waals surface area (Å²) < 4.78 is 12.8. The van der Waals surface area contributed by atoms with E-state index in [4.69, 9.17) is 37.7 Å².